The summed E-state index contributed by atoms with van der Waals surface area (Å²) in [4.78, 5) is 0. The Morgan fingerprint density at radius 2 is 2.00 bits per heavy atom. The molecule has 0 aliphatic rings. The van der Waals surface area contributed by atoms with Gasteiger partial charge in [0.05, 0.1) is 0 Å². The Morgan fingerprint density at radius 3 is 2.55 bits per heavy atom. The first-order valence-corrected chi connectivity index (χ1v) is 3.19. The second kappa shape index (κ2) is 4.85. The third-order valence-electron chi connectivity index (χ3n) is 1.32. The minimum absolute atomic E-state index is 0. The van der Waals surface area contributed by atoms with Crippen LogP contribution < -0.4 is 0 Å². The van der Waals surface area contributed by atoms with E-state index in [4.69, 9.17) is 0 Å². The van der Waals surface area contributed by atoms with E-state index in [-0.39, 0.29) is 16.8 Å². The molecule has 0 aliphatic carbocycles. The third kappa shape index (κ3) is 2.68. The van der Waals surface area contributed by atoms with E-state index in [1.165, 1.54) is 6.07 Å². The monoisotopic (exact) mass is 168 g/mol. The highest BCUT2D eigenvalue weighted by atomic mass is 28.1. The van der Waals surface area contributed by atoms with Crippen LogP contribution in [-0.4, -0.2) is 11.0 Å². The molecule has 0 amide bonds. The number of allylic oxidation sites excluding steroid dienone is 1. The van der Waals surface area contributed by atoms with Crippen molar-refractivity contribution in [3.05, 3.63) is 48.3 Å². The fourth-order valence-electron chi connectivity index (χ4n) is 0.819. The average molecular weight is 168 g/mol. The maximum atomic E-state index is 12.7. The standard InChI is InChI=1S/C9H9F.H4Si/c1-2-5-8-6-3-4-7-9(8)10;/h2-4,6-7H,1,5H2;1H4. The highest BCUT2D eigenvalue weighted by Crippen LogP contribution is 2.06. The van der Waals surface area contributed by atoms with E-state index >= 15 is 0 Å². The van der Waals surface area contributed by atoms with Crippen molar-refractivity contribution in [2.24, 2.45) is 0 Å². The molecule has 11 heavy (non-hydrogen) atoms. The molecule has 0 nitrogen and oxygen atoms in total. The Bertz CT molecular complexity index is 233. The zero-order valence-electron chi connectivity index (χ0n) is 5.68. The molecule has 1 aromatic carbocycles. The fourth-order valence-corrected chi connectivity index (χ4v) is 0.819. The second-order valence-corrected chi connectivity index (χ2v) is 2.08. The average Bonchev–Trinajstić information content (AvgIpc) is 1.94. The van der Waals surface area contributed by atoms with E-state index in [9.17, 15) is 4.39 Å². The minimum Gasteiger partial charge on any atom is -0.207 e. The van der Waals surface area contributed by atoms with Gasteiger partial charge in [-0.25, -0.2) is 4.39 Å². The number of benzene rings is 1. The lowest BCUT2D eigenvalue weighted by Gasteiger charge is -1.95. The molecule has 0 spiro atoms. The van der Waals surface area contributed by atoms with E-state index in [2.05, 4.69) is 6.58 Å². The van der Waals surface area contributed by atoms with Crippen LogP contribution in [0.2, 0.25) is 0 Å². The zero-order valence-corrected chi connectivity index (χ0v) is 5.68. The molecule has 0 radical (unpaired) electrons. The number of hydrogen-bond acceptors (Lipinski definition) is 0. The summed E-state index contributed by atoms with van der Waals surface area (Å²) < 4.78 is 12.7. The van der Waals surface area contributed by atoms with Crippen molar-refractivity contribution < 1.29 is 4.39 Å². The van der Waals surface area contributed by atoms with Crippen molar-refractivity contribution in [1.29, 1.82) is 0 Å². The molecule has 2 heteroatoms. The van der Waals surface area contributed by atoms with Gasteiger partial charge in [-0.2, -0.15) is 0 Å². The molecule has 0 aromatic heterocycles. The lowest BCUT2D eigenvalue weighted by molar-refractivity contribution is 0.615. The summed E-state index contributed by atoms with van der Waals surface area (Å²) in [6.07, 6.45) is 2.30. The first kappa shape index (κ1) is 10.1. The summed E-state index contributed by atoms with van der Waals surface area (Å²) >= 11 is 0. The van der Waals surface area contributed by atoms with Crippen molar-refractivity contribution in [1.82, 2.24) is 0 Å². The Morgan fingerprint density at radius 1 is 1.36 bits per heavy atom. The fraction of sp³-hybridized carbons (Fsp3) is 0.111. The highest BCUT2D eigenvalue weighted by molar-refractivity contribution is 5.75. The van der Waals surface area contributed by atoms with Gasteiger partial charge in [0.1, 0.15) is 5.82 Å². The van der Waals surface area contributed by atoms with Gasteiger partial charge in [0.25, 0.3) is 0 Å². The summed E-state index contributed by atoms with van der Waals surface area (Å²) in [7, 11) is 0. The van der Waals surface area contributed by atoms with Crippen LogP contribution >= 0.6 is 0 Å². The van der Waals surface area contributed by atoms with Crippen molar-refractivity contribution in [3.63, 3.8) is 0 Å². The van der Waals surface area contributed by atoms with Gasteiger partial charge in [0.2, 0.25) is 0 Å². The molecule has 0 N–H and O–H groups in total. The van der Waals surface area contributed by atoms with Gasteiger partial charge in [0, 0.05) is 0 Å². The topological polar surface area (TPSA) is 0 Å². The molecule has 0 bridgehead atoms. The van der Waals surface area contributed by atoms with E-state index < -0.39 is 0 Å². The maximum Gasteiger partial charge on any atom is 0.126 e. The van der Waals surface area contributed by atoms with Crippen molar-refractivity contribution in [3.8, 4) is 0 Å². The predicted molar refractivity (Wildman–Crippen MR) is 51.6 cm³/mol. The van der Waals surface area contributed by atoms with Gasteiger partial charge < -0.3 is 0 Å². The van der Waals surface area contributed by atoms with E-state index in [0.717, 1.165) is 0 Å². The van der Waals surface area contributed by atoms with Gasteiger partial charge >= 0.3 is 0 Å². The molecule has 0 aliphatic heterocycles. The van der Waals surface area contributed by atoms with Crippen LogP contribution in [0.15, 0.2) is 36.9 Å². The van der Waals surface area contributed by atoms with Crippen LogP contribution in [-0.2, 0) is 6.42 Å². The van der Waals surface area contributed by atoms with Crippen LogP contribution in [0.25, 0.3) is 0 Å². The van der Waals surface area contributed by atoms with Crippen LogP contribution in [0.3, 0.4) is 0 Å². The lowest BCUT2D eigenvalue weighted by atomic mass is 10.1. The molecular weight excluding hydrogens is 155 g/mol. The lowest BCUT2D eigenvalue weighted by Crippen LogP contribution is -1.85. The minimum atomic E-state index is -0.151. The van der Waals surface area contributed by atoms with E-state index in [1.54, 1.807) is 18.2 Å². The summed E-state index contributed by atoms with van der Waals surface area (Å²) in [5, 5.41) is 0. The Labute approximate surface area is 70.8 Å². The molecule has 1 rings (SSSR count). The van der Waals surface area contributed by atoms with Crippen molar-refractivity contribution in [2.45, 2.75) is 6.42 Å². The summed E-state index contributed by atoms with van der Waals surface area (Å²) in [6.45, 7) is 3.53. The zero-order chi connectivity index (χ0) is 7.40. The molecule has 0 saturated carbocycles. The highest BCUT2D eigenvalue weighted by Gasteiger charge is 1.95. The third-order valence-corrected chi connectivity index (χ3v) is 1.32. The van der Waals surface area contributed by atoms with Gasteiger partial charge in [0.15, 0.2) is 0 Å². The smallest absolute Gasteiger partial charge is 0.126 e. The number of rotatable bonds is 2. The second-order valence-electron chi connectivity index (χ2n) is 2.08. The Kier molecular flexibility index (Phi) is 4.46. The van der Waals surface area contributed by atoms with E-state index in [1.807, 2.05) is 6.07 Å². The quantitative estimate of drug-likeness (QED) is 0.458. The van der Waals surface area contributed by atoms with Crippen molar-refractivity contribution in [2.75, 3.05) is 0 Å². The normalized spacial score (nSPS) is 8.45. The summed E-state index contributed by atoms with van der Waals surface area (Å²) in [5.41, 5.74) is 0.706. The van der Waals surface area contributed by atoms with Crippen molar-refractivity contribution >= 4 is 11.0 Å². The summed E-state index contributed by atoms with van der Waals surface area (Å²) in [6, 6.07) is 6.72. The predicted octanol–water partition coefficient (Wildman–Crippen LogP) is 1.10. The first-order valence-electron chi connectivity index (χ1n) is 3.19. The van der Waals surface area contributed by atoms with Gasteiger partial charge in [-0.3, -0.25) is 0 Å². The molecule has 0 saturated heterocycles. The SMILES string of the molecule is C=CCc1ccccc1F.[SiH4]. The van der Waals surface area contributed by atoms with Crippen LogP contribution in [0, 0.1) is 5.82 Å². The van der Waals surface area contributed by atoms with Gasteiger partial charge in [-0.05, 0) is 29.0 Å². The molecule has 0 atom stereocenters. The molecule has 60 valence electrons. The molecule has 0 unspecified atom stereocenters. The number of hydrogen-bond donors (Lipinski definition) is 0. The molecular formula is C9H13FSi. The number of halogens is 1. The largest absolute Gasteiger partial charge is 0.207 e. The maximum absolute atomic E-state index is 12.7. The Balaban J connectivity index is 0.000001000. The van der Waals surface area contributed by atoms with Gasteiger partial charge in [-0.15, -0.1) is 6.58 Å². The van der Waals surface area contributed by atoms with Gasteiger partial charge in [-0.1, -0.05) is 24.3 Å². The summed E-state index contributed by atoms with van der Waals surface area (Å²) in [5.74, 6) is -0.151. The molecule has 1 aromatic rings. The molecule has 0 heterocycles. The van der Waals surface area contributed by atoms with Crippen LogP contribution in [0.4, 0.5) is 4.39 Å². The molecule has 0 fully saturated rings. The first-order chi connectivity index (χ1) is 4.84. The van der Waals surface area contributed by atoms with Crippen LogP contribution in [0.5, 0.6) is 0 Å². The van der Waals surface area contributed by atoms with Crippen LogP contribution in [0.1, 0.15) is 5.56 Å². The van der Waals surface area contributed by atoms with E-state index in [0.29, 0.717) is 12.0 Å². The Hall–Kier alpha value is -0.893.